The first kappa shape index (κ1) is 19.8. The molecule has 0 spiro atoms. The second kappa shape index (κ2) is 8.86. The van der Waals surface area contributed by atoms with Gasteiger partial charge in [-0.25, -0.2) is 9.97 Å². The van der Waals surface area contributed by atoms with Gasteiger partial charge in [0.1, 0.15) is 12.0 Å². The van der Waals surface area contributed by atoms with Crippen LogP contribution in [0.4, 0.5) is 23.0 Å². The summed E-state index contributed by atoms with van der Waals surface area (Å²) in [5.74, 6) is 1.28. The maximum Gasteiger partial charge on any atom is 0.159 e. The van der Waals surface area contributed by atoms with Crippen LogP contribution in [-0.2, 0) is 6.54 Å². The van der Waals surface area contributed by atoms with Gasteiger partial charge >= 0.3 is 0 Å². The SMILES string of the molecule is Nc1c(Nc2ccc(Cl)cc2Cl)ncnc1N1CCN(Cc2ccccc2)CC1. The van der Waals surface area contributed by atoms with Crippen molar-refractivity contribution < 1.29 is 0 Å². The minimum atomic E-state index is 0.506. The number of nitrogen functional groups attached to an aromatic ring is 1. The summed E-state index contributed by atoms with van der Waals surface area (Å²) in [7, 11) is 0. The van der Waals surface area contributed by atoms with E-state index in [4.69, 9.17) is 28.9 Å². The van der Waals surface area contributed by atoms with Gasteiger partial charge in [0.2, 0.25) is 0 Å². The monoisotopic (exact) mass is 428 g/mol. The van der Waals surface area contributed by atoms with Crippen molar-refractivity contribution in [3.63, 3.8) is 0 Å². The number of benzene rings is 2. The van der Waals surface area contributed by atoms with Crippen LogP contribution in [0.3, 0.4) is 0 Å². The number of hydrogen-bond donors (Lipinski definition) is 2. The van der Waals surface area contributed by atoms with Gasteiger partial charge in [0, 0.05) is 37.7 Å². The molecule has 8 heteroatoms. The number of anilines is 4. The molecule has 29 heavy (non-hydrogen) atoms. The molecule has 4 rings (SSSR count). The van der Waals surface area contributed by atoms with Crippen molar-refractivity contribution in [1.29, 1.82) is 0 Å². The van der Waals surface area contributed by atoms with Gasteiger partial charge in [0.05, 0.1) is 10.7 Å². The topological polar surface area (TPSA) is 70.3 Å². The largest absolute Gasteiger partial charge is 0.393 e. The van der Waals surface area contributed by atoms with Crippen LogP contribution in [0, 0.1) is 0 Å². The molecule has 0 unspecified atom stereocenters. The van der Waals surface area contributed by atoms with Gasteiger partial charge in [0.15, 0.2) is 11.6 Å². The van der Waals surface area contributed by atoms with Crippen LogP contribution in [-0.4, -0.2) is 41.0 Å². The molecule has 1 fully saturated rings. The summed E-state index contributed by atoms with van der Waals surface area (Å²) in [5, 5.41) is 4.27. The van der Waals surface area contributed by atoms with E-state index < -0.39 is 0 Å². The molecule has 2 aromatic carbocycles. The maximum absolute atomic E-state index is 6.39. The predicted octanol–water partition coefficient (Wildman–Crippen LogP) is 4.43. The molecule has 0 bridgehead atoms. The van der Waals surface area contributed by atoms with Crippen LogP contribution < -0.4 is 16.0 Å². The van der Waals surface area contributed by atoms with Crippen LogP contribution in [0.1, 0.15) is 5.56 Å². The van der Waals surface area contributed by atoms with Gasteiger partial charge in [-0.15, -0.1) is 0 Å². The van der Waals surface area contributed by atoms with Crippen molar-refractivity contribution in [1.82, 2.24) is 14.9 Å². The Hall–Kier alpha value is -2.54. The number of hydrogen-bond acceptors (Lipinski definition) is 6. The number of nitrogens with one attached hydrogen (secondary N) is 1. The van der Waals surface area contributed by atoms with Gasteiger partial charge in [-0.1, -0.05) is 53.5 Å². The zero-order valence-electron chi connectivity index (χ0n) is 15.9. The molecule has 0 aliphatic carbocycles. The van der Waals surface area contributed by atoms with E-state index in [1.807, 2.05) is 6.07 Å². The molecule has 0 atom stereocenters. The van der Waals surface area contributed by atoms with Crippen molar-refractivity contribution in [3.8, 4) is 0 Å². The molecule has 0 radical (unpaired) electrons. The molecular weight excluding hydrogens is 407 g/mol. The third kappa shape index (κ3) is 4.72. The van der Waals surface area contributed by atoms with Gasteiger partial charge in [-0.3, -0.25) is 4.90 Å². The summed E-state index contributed by atoms with van der Waals surface area (Å²) in [6, 6.07) is 15.8. The molecular formula is C21H22Cl2N6. The lowest BCUT2D eigenvalue weighted by Gasteiger charge is -2.36. The van der Waals surface area contributed by atoms with Gasteiger partial charge in [-0.2, -0.15) is 0 Å². The lowest BCUT2D eigenvalue weighted by Crippen LogP contribution is -2.46. The summed E-state index contributed by atoms with van der Waals surface area (Å²) < 4.78 is 0. The molecule has 1 saturated heterocycles. The van der Waals surface area contributed by atoms with Crippen molar-refractivity contribution in [2.75, 3.05) is 42.1 Å². The molecule has 0 saturated carbocycles. The molecule has 3 aromatic rings. The molecule has 150 valence electrons. The highest BCUT2D eigenvalue weighted by Gasteiger charge is 2.21. The minimum absolute atomic E-state index is 0.506. The third-order valence-corrected chi connectivity index (χ3v) is 5.52. The molecule has 3 N–H and O–H groups in total. The summed E-state index contributed by atoms with van der Waals surface area (Å²) in [6.45, 7) is 4.56. The van der Waals surface area contributed by atoms with Crippen LogP contribution in [0.2, 0.25) is 10.0 Å². The van der Waals surface area contributed by atoms with Gasteiger partial charge in [0.25, 0.3) is 0 Å². The Morgan fingerprint density at radius 2 is 1.72 bits per heavy atom. The van der Waals surface area contributed by atoms with E-state index in [1.165, 1.54) is 11.9 Å². The van der Waals surface area contributed by atoms with Crippen molar-refractivity contribution in [3.05, 3.63) is 70.5 Å². The smallest absolute Gasteiger partial charge is 0.159 e. The standard InChI is InChI=1S/C21H22Cl2N6/c22-16-6-7-18(17(23)12-16)27-20-19(24)21(26-14-25-20)29-10-8-28(9-11-29)13-15-4-2-1-3-5-15/h1-7,12,14H,8-11,13,24H2,(H,25,26,27). The average Bonchev–Trinajstić information content (AvgIpc) is 2.73. The number of aromatic nitrogens is 2. The Morgan fingerprint density at radius 1 is 0.966 bits per heavy atom. The highest BCUT2D eigenvalue weighted by Crippen LogP contribution is 2.32. The fourth-order valence-corrected chi connectivity index (χ4v) is 3.87. The molecule has 2 heterocycles. The van der Waals surface area contributed by atoms with Crippen LogP contribution in [0.15, 0.2) is 54.9 Å². The number of nitrogens with two attached hydrogens (primary N) is 1. The zero-order chi connectivity index (χ0) is 20.2. The second-order valence-electron chi connectivity index (χ2n) is 6.96. The highest BCUT2D eigenvalue weighted by molar-refractivity contribution is 6.36. The Balaban J connectivity index is 1.44. The van der Waals surface area contributed by atoms with Gasteiger partial charge < -0.3 is 16.0 Å². The molecule has 1 aliphatic heterocycles. The summed E-state index contributed by atoms with van der Waals surface area (Å²) >= 11 is 12.2. The van der Waals surface area contributed by atoms with Crippen LogP contribution in [0.5, 0.6) is 0 Å². The molecule has 0 amide bonds. The van der Waals surface area contributed by atoms with Crippen molar-refractivity contribution in [2.24, 2.45) is 0 Å². The van der Waals surface area contributed by atoms with Gasteiger partial charge in [-0.05, 0) is 23.8 Å². The number of rotatable bonds is 5. The first-order chi connectivity index (χ1) is 14.1. The van der Waals surface area contributed by atoms with E-state index in [0.717, 1.165) is 38.5 Å². The lowest BCUT2D eigenvalue weighted by molar-refractivity contribution is 0.249. The summed E-state index contributed by atoms with van der Waals surface area (Å²) in [6.07, 6.45) is 1.52. The fraction of sp³-hybridized carbons (Fsp3) is 0.238. The Morgan fingerprint density at radius 3 is 2.45 bits per heavy atom. The van der Waals surface area contributed by atoms with E-state index >= 15 is 0 Å². The molecule has 1 aliphatic rings. The van der Waals surface area contributed by atoms with E-state index in [-0.39, 0.29) is 0 Å². The van der Waals surface area contributed by atoms with E-state index in [1.54, 1.807) is 18.2 Å². The first-order valence-corrected chi connectivity index (χ1v) is 10.2. The normalized spacial score (nSPS) is 14.8. The minimum Gasteiger partial charge on any atom is -0.393 e. The molecule has 6 nitrogen and oxygen atoms in total. The van der Waals surface area contributed by atoms with Crippen molar-refractivity contribution in [2.45, 2.75) is 6.54 Å². The summed E-state index contributed by atoms with van der Waals surface area (Å²) in [5.41, 5.74) is 8.92. The Bertz CT molecular complexity index is 974. The maximum atomic E-state index is 6.39. The summed E-state index contributed by atoms with van der Waals surface area (Å²) in [4.78, 5) is 13.4. The Labute approximate surface area is 180 Å². The Kier molecular flexibility index (Phi) is 6.04. The lowest BCUT2D eigenvalue weighted by atomic mass is 10.2. The van der Waals surface area contributed by atoms with Crippen LogP contribution >= 0.6 is 23.2 Å². The fourth-order valence-electron chi connectivity index (χ4n) is 3.42. The third-order valence-electron chi connectivity index (χ3n) is 4.97. The predicted molar refractivity (Wildman–Crippen MR) is 120 cm³/mol. The van der Waals surface area contributed by atoms with Crippen LogP contribution in [0.25, 0.3) is 0 Å². The highest BCUT2D eigenvalue weighted by atomic mass is 35.5. The number of halogens is 2. The average molecular weight is 429 g/mol. The molecule has 1 aromatic heterocycles. The van der Waals surface area contributed by atoms with E-state index in [9.17, 15) is 0 Å². The number of nitrogens with zero attached hydrogens (tertiary/aromatic N) is 4. The van der Waals surface area contributed by atoms with E-state index in [0.29, 0.717) is 27.2 Å². The quantitative estimate of drug-likeness (QED) is 0.625. The zero-order valence-corrected chi connectivity index (χ0v) is 17.4. The van der Waals surface area contributed by atoms with Crippen molar-refractivity contribution >= 4 is 46.2 Å². The van der Waals surface area contributed by atoms with E-state index in [2.05, 4.69) is 49.4 Å². The number of piperazine rings is 1. The first-order valence-electron chi connectivity index (χ1n) is 9.44. The second-order valence-corrected chi connectivity index (χ2v) is 7.80.